The lowest BCUT2D eigenvalue weighted by molar-refractivity contribution is -0.139. The summed E-state index contributed by atoms with van der Waals surface area (Å²) in [6.45, 7) is 11.2. The molecule has 1 aliphatic rings. The molecule has 204 valence electrons. The highest BCUT2D eigenvalue weighted by Crippen LogP contribution is 2.33. The maximum Gasteiger partial charge on any atom is 0.416 e. The van der Waals surface area contributed by atoms with Crippen LogP contribution in [0.3, 0.4) is 0 Å². The van der Waals surface area contributed by atoms with Crippen molar-refractivity contribution in [3.8, 4) is 0 Å². The number of rotatable bonds is 6. The maximum atomic E-state index is 13.3. The van der Waals surface area contributed by atoms with E-state index in [2.05, 4.69) is 29.7 Å². The Morgan fingerprint density at radius 2 is 1.65 bits per heavy atom. The lowest BCUT2D eigenvalue weighted by Crippen LogP contribution is -2.41. The third-order valence-electron chi connectivity index (χ3n) is 5.63. The van der Waals surface area contributed by atoms with Crippen molar-refractivity contribution in [2.45, 2.75) is 78.5 Å². The lowest BCUT2D eigenvalue weighted by Gasteiger charge is -2.28. The van der Waals surface area contributed by atoms with Crippen LogP contribution >= 0.6 is 0 Å². The molecule has 0 saturated carbocycles. The Labute approximate surface area is 217 Å². The number of benzene rings is 2. The average Bonchev–Trinajstić information content (AvgIpc) is 3.09. The van der Waals surface area contributed by atoms with E-state index in [1.165, 1.54) is 28.7 Å². The largest absolute Gasteiger partial charge is 0.444 e. The van der Waals surface area contributed by atoms with Crippen molar-refractivity contribution in [2.75, 3.05) is 6.54 Å². The zero-order valence-electron chi connectivity index (χ0n) is 22.4. The summed E-state index contributed by atoms with van der Waals surface area (Å²) in [5, 5.41) is 5.80. The van der Waals surface area contributed by atoms with E-state index >= 15 is 0 Å². The molecule has 2 amide bonds. The second-order valence-electron chi connectivity index (χ2n) is 10.4. The molecular weight excluding hydrogens is 483 g/mol. The van der Waals surface area contributed by atoms with Crippen LogP contribution < -0.4 is 10.6 Å². The van der Waals surface area contributed by atoms with Gasteiger partial charge < -0.3 is 15.0 Å². The first kappa shape index (κ1) is 30.2. The van der Waals surface area contributed by atoms with Gasteiger partial charge in [-0.1, -0.05) is 67.9 Å². The molecule has 2 N–H and O–H groups in total. The van der Waals surface area contributed by atoms with E-state index in [1.807, 2.05) is 32.0 Å². The van der Waals surface area contributed by atoms with Gasteiger partial charge in [0.1, 0.15) is 5.60 Å². The first-order chi connectivity index (χ1) is 17.2. The van der Waals surface area contributed by atoms with Gasteiger partial charge in [-0.3, -0.25) is 10.1 Å². The number of nitrogens with one attached hydrogen (secondary N) is 2. The maximum absolute atomic E-state index is 13.3. The normalized spacial score (nSPS) is 17.9. The first-order valence-electron chi connectivity index (χ1n) is 12.4. The van der Waals surface area contributed by atoms with Gasteiger partial charge in [0.05, 0.1) is 17.8 Å². The molecule has 1 fully saturated rings. The van der Waals surface area contributed by atoms with Crippen molar-refractivity contribution in [1.82, 2.24) is 15.5 Å². The summed E-state index contributed by atoms with van der Waals surface area (Å²) in [7, 11) is 0. The molecule has 9 heteroatoms. The molecule has 0 radical (unpaired) electrons. The molecule has 2 aromatic rings. The molecule has 0 aromatic heterocycles. The minimum absolute atomic E-state index is 0.00388. The fourth-order valence-electron chi connectivity index (χ4n) is 3.93. The van der Waals surface area contributed by atoms with Crippen LogP contribution in [0.2, 0.25) is 0 Å². The molecule has 37 heavy (non-hydrogen) atoms. The molecular formula is C28H38F3N3O3. The van der Waals surface area contributed by atoms with Crippen molar-refractivity contribution in [3.63, 3.8) is 0 Å². The summed E-state index contributed by atoms with van der Waals surface area (Å²) in [5.41, 5.74) is 0.00730. The van der Waals surface area contributed by atoms with Crippen LogP contribution in [-0.2, 0) is 22.3 Å². The van der Waals surface area contributed by atoms with E-state index in [0.717, 1.165) is 6.07 Å². The number of hydrogen-bond acceptors (Lipinski definition) is 4. The van der Waals surface area contributed by atoms with Crippen LogP contribution in [0.4, 0.5) is 18.0 Å². The minimum Gasteiger partial charge on any atom is -0.444 e. The third-order valence-corrected chi connectivity index (χ3v) is 5.63. The molecule has 3 rings (SSSR count). The Balaban J connectivity index is 0.000000591. The summed E-state index contributed by atoms with van der Waals surface area (Å²) in [6, 6.07) is 15.0. The van der Waals surface area contributed by atoms with Crippen LogP contribution in [-0.4, -0.2) is 41.3 Å². The van der Waals surface area contributed by atoms with Crippen molar-refractivity contribution in [3.05, 3.63) is 71.3 Å². The SMILES string of the molecule is CC(C)C1NC(CCNC(=O)OC(C)(C)C)C(=O)N1Cc1ccccc1C(F)(F)F.Cc1ccccc1. The van der Waals surface area contributed by atoms with E-state index in [4.69, 9.17) is 4.74 Å². The lowest BCUT2D eigenvalue weighted by atomic mass is 10.1. The van der Waals surface area contributed by atoms with Gasteiger partial charge in [-0.15, -0.1) is 0 Å². The molecule has 0 spiro atoms. The number of aryl methyl sites for hydroxylation is 1. The Morgan fingerprint density at radius 1 is 1.05 bits per heavy atom. The molecule has 0 bridgehead atoms. The van der Waals surface area contributed by atoms with Crippen LogP contribution in [0.5, 0.6) is 0 Å². The fourth-order valence-corrected chi connectivity index (χ4v) is 3.93. The Morgan fingerprint density at radius 3 is 2.16 bits per heavy atom. The smallest absolute Gasteiger partial charge is 0.416 e. The Kier molecular flexibility index (Phi) is 10.5. The first-order valence-corrected chi connectivity index (χ1v) is 12.4. The summed E-state index contributed by atoms with van der Waals surface area (Å²) < 4.78 is 45.2. The number of ether oxygens (including phenoxy) is 1. The summed E-state index contributed by atoms with van der Waals surface area (Å²) >= 11 is 0. The standard InChI is InChI=1S/C21H30F3N3O3.C7H8/c1-13(2)17-26-16(10-11-25-19(29)30-20(3,4)5)18(28)27(17)12-14-8-6-7-9-15(14)21(22,23)24;1-7-5-3-2-4-6-7/h6-9,13,16-17,26H,10-12H2,1-5H3,(H,25,29);2-6H,1H3. The van der Waals surface area contributed by atoms with Gasteiger partial charge in [0.15, 0.2) is 0 Å². The third kappa shape index (κ3) is 9.72. The van der Waals surface area contributed by atoms with Crippen molar-refractivity contribution in [2.24, 2.45) is 5.92 Å². The van der Waals surface area contributed by atoms with Gasteiger partial charge >= 0.3 is 12.3 Å². The molecule has 2 aromatic carbocycles. The summed E-state index contributed by atoms with van der Waals surface area (Å²) in [4.78, 5) is 26.1. The average molecular weight is 522 g/mol. The van der Waals surface area contributed by atoms with Gasteiger partial charge in [-0.25, -0.2) is 4.79 Å². The molecule has 1 aliphatic heterocycles. The predicted molar refractivity (Wildman–Crippen MR) is 138 cm³/mol. The van der Waals surface area contributed by atoms with E-state index < -0.39 is 35.6 Å². The molecule has 1 saturated heterocycles. The number of nitrogens with zero attached hydrogens (tertiary/aromatic N) is 1. The minimum atomic E-state index is -4.49. The number of carbonyl (C=O) groups excluding carboxylic acids is 2. The monoisotopic (exact) mass is 521 g/mol. The predicted octanol–water partition coefficient (Wildman–Crippen LogP) is 5.90. The number of halogens is 3. The number of alkyl carbamates (subject to hydrolysis) is 1. The molecule has 1 heterocycles. The highest BCUT2D eigenvalue weighted by Gasteiger charge is 2.41. The van der Waals surface area contributed by atoms with Gasteiger partial charge in [0.25, 0.3) is 0 Å². The highest BCUT2D eigenvalue weighted by atomic mass is 19.4. The van der Waals surface area contributed by atoms with Crippen molar-refractivity contribution >= 4 is 12.0 Å². The quantitative estimate of drug-likeness (QED) is 0.497. The molecule has 0 aliphatic carbocycles. The Hall–Kier alpha value is -3.07. The second kappa shape index (κ2) is 12.9. The van der Waals surface area contributed by atoms with Gasteiger partial charge in [-0.05, 0) is 51.7 Å². The van der Waals surface area contributed by atoms with Gasteiger partial charge in [-0.2, -0.15) is 13.2 Å². The topological polar surface area (TPSA) is 70.7 Å². The zero-order chi connectivity index (χ0) is 27.8. The van der Waals surface area contributed by atoms with E-state index in [-0.39, 0.29) is 30.5 Å². The van der Waals surface area contributed by atoms with E-state index in [9.17, 15) is 22.8 Å². The Bertz CT molecular complexity index is 1020. The van der Waals surface area contributed by atoms with Gasteiger partial charge in [0, 0.05) is 13.1 Å². The van der Waals surface area contributed by atoms with Crippen LogP contribution in [0.15, 0.2) is 54.6 Å². The van der Waals surface area contributed by atoms with Crippen LogP contribution in [0.25, 0.3) is 0 Å². The molecule has 6 nitrogen and oxygen atoms in total. The van der Waals surface area contributed by atoms with Crippen LogP contribution in [0, 0.1) is 12.8 Å². The number of carbonyl (C=O) groups is 2. The highest BCUT2D eigenvalue weighted by molar-refractivity contribution is 5.84. The second-order valence-corrected chi connectivity index (χ2v) is 10.4. The van der Waals surface area contributed by atoms with Crippen LogP contribution in [0.1, 0.15) is 57.7 Å². The number of amides is 2. The fraction of sp³-hybridized carbons (Fsp3) is 0.500. The molecule has 2 atom stereocenters. The van der Waals surface area contributed by atoms with Gasteiger partial charge in [0.2, 0.25) is 5.91 Å². The van der Waals surface area contributed by atoms with Crippen molar-refractivity contribution < 1.29 is 27.5 Å². The zero-order valence-corrected chi connectivity index (χ0v) is 22.4. The summed E-state index contributed by atoms with van der Waals surface area (Å²) in [6.07, 6.45) is -5.16. The van der Waals surface area contributed by atoms with E-state index in [1.54, 1.807) is 20.8 Å². The number of hydrogen-bond donors (Lipinski definition) is 2. The summed E-state index contributed by atoms with van der Waals surface area (Å²) in [5.74, 6) is -0.285. The molecule has 2 unspecified atom stereocenters. The van der Waals surface area contributed by atoms with Crippen molar-refractivity contribution in [1.29, 1.82) is 0 Å². The number of alkyl halides is 3. The van der Waals surface area contributed by atoms with E-state index in [0.29, 0.717) is 6.42 Å².